The van der Waals surface area contributed by atoms with Gasteiger partial charge in [0.25, 0.3) is 0 Å². The summed E-state index contributed by atoms with van der Waals surface area (Å²) in [6.45, 7) is 5.98. The zero-order valence-electron chi connectivity index (χ0n) is 39.3. The van der Waals surface area contributed by atoms with Crippen LogP contribution >= 0.6 is 0 Å². The van der Waals surface area contributed by atoms with Gasteiger partial charge < -0.3 is 25.6 Å². The van der Waals surface area contributed by atoms with E-state index in [-0.39, 0.29) is 11.7 Å². The fourth-order valence-corrected chi connectivity index (χ4v) is 8.37. The second kappa shape index (κ2) is 38.7. The first kappa shape index (κ1) is 54.2. The van der Waals surface area contributed by atoms with Gasteiger partial charge in [0.1, 0.15) is 23.6 Å². The molecule has 0 bridgehead atoms. The summed E-state index contributed by atoms with van der Waals surface area (Å²) in [7, 11) is 0. The first-order chi connectivity index (χ1) is 29.9. The minimum atomic E-state index is -0.848. The van der Waals surface area contributed by atoms with Crippen molar-refractivity contribution in [3.63, 3.8) is 0 Å². The molecule has 0 heterocycles. The van der Waals surface area contributed by atoms with Crippen molar-refractivity contribution in [3.8, 4) is 11.5 Å². The van der Waals surface area contributed by atoms with Crippen molar-refractivity contribution in [1.82, 2.24) is 10.6 Å². The van der Waals surface area contributed by atoms with E-state index in [4.69, 9.17) is 4.74 Å². The highest BCUT2D eigenvalue weighted by atomic mass is 16.5. The molecule has 0 aliphatic carbocycles. The Bertz CT molecular complexity index is 1300. The minimum absolute atomic E-state index is 0.199. The third-order valence-electron chi connectivity index (χ3n) is 12.4. The van der Waals surface area contributed by atoms with Gasteiger partial charge in [-0.15, -0.1) is 0 Å². The lowest BCUT2D eigenvalue weighted by atomic mass is 10.0. The molecule has 348 valence electrons. The van der Waals surface area contributed by atoms with Crippen molar-refractivity contribution < 1.29 is 24.5 Å². The molecular formula is C54H92N2O5. The molecule has 0 saturated carbocycles. The maximum absolute atomic E-state index is 13.5. The number of hydrogen-bond acceptors (Lipinski definition) is 6. The van der Waals surface area contributed by atoms with E-state index in [1.54, 1.807) is 24.3 Å². The zero-order valence-corrected chi connectivity index (χ0v) is 39.3. The van der Waals surface area contributed by atoms with Crippen LogP contribution in [0, 0.1) is 0 Å². The van der Waals surface area contributed by atoms with E-state index in [1.165, 1.54) is 180 Å². The number of aromatic hydroxyl groups is 1. The number of carboxylic acids is 1. The van der Waals surface area contributed by atoms with Crippen LogP contribution in [0.1, 0.15) is 230 Å². The fourth-order valence-electron chi connectivity index (χ4n) is 8.37. The van der Waals surface area contributed by atoms with E-state index < -0.39 is 18.1 Å². The number of esters is 1. The zero-order chi connectivity index (χ0) is 43.9. The van der Waals surface area contributed by atoms with Gasteiger partial charge >= 0.3 is 11.9 Å². The second-order valence-electron chi connectivity index (χ2n) is 18.1. The first-order valence-corrected chi connectivity index (χ1v) is 25.7. The summed E-state index contributed by atoms with van der Waals surface area (Å²) < 4.78 is 5.85. The molecule has 2 aromatic rings. The number of carboxylic acid groups (broad SMARTS) is 1. The average Bonchev–Trinajstić information content (AvgIpc) is 3.26. The second-order valence-corrected chi connectivity index (χ2v) is 18.1. The van der Waals surface area contributed by atoms with Gasteiger partial charge in [-0.25, -0.2) is 4.79 Å². The summed E-state index contributed by atoms with van der Waals surface area (Å²) in [5.74, 6) is -0.549. The van der Waals surface area contributed by atoms with Crippen molar-refractivity contribution >= 4 is 11.9 Å². The smallest absolute Gasteiger partial charge is 0.328 e. The Hall–Kier alpha value is -2.90. The Morgan fingerprint density at radius 1 is 0.443 bits per heavy atom. The molecule has 0 radical (unpaired) electrons. The molecule has 0 unspecified atom stereocenters. The van der Waals surface area contributed by atoms with Crippen molar-refractivity contribution in [2.24, 2.45) is 0 Å². The molecule has 4 N–H and O–H groups in total. The number of phenolic OH excluding ortho intramolecular Hbond substituents is 1. The van der Waals surface area contributed by atoms with Crippen molar-refractivity contribution in [1.29, 1.82) is 0 Å². The summed E-state index contributed by atoms with van der Waals surface area (Å²) >= 11 is 0. The van der Waals surface area contributed by atoms with E-state index in [1.807, 2.05) is 24.3 Å². The highest BCUT2D eigenvalue weighted by molar-refractivity contribution is 5.78. The molecule has 0 saturated heterocycles. The molecule has 7 nitrogen and oxygen atoms in total. The molecule has 0 fully saturated rings. The molecule has 0 spiro atoms. The van der Waals surface area contributed by atoms with Gasteiger partial charge in [-0.3, -0.25) is 4.79 Å². The molecule has 7 heteroatoms. The van der Waals surface area contributed by atoms with Crippen molar-refractivity contribution in [3.05, 3.63) is 59.7 Å². The molecule has 0 aliphatic rings. The van der Waals surface area contributed by atoms with E-state index >= 15 is 0 Å². The van der Waals surface area contributed by atoms with E-state index in [2.05, 4.69) is 24.5 Å². The topological polar surface area (TPSA) is 108 Å². The maximum Gasteiger partial charge on any atom is 0.328 e. The Morgan fingerprint density at radius 3 is 1.08 bits per heavy atom. The number of phenols is 1. The lowest BCUT2D eigenvalue weighted by molar-refractivity contribution is -0.139. The van der Waals surface area contributed by atoms with Crippen LogP contribution in [0.5, 0.6) is 11.5 Å². The number of ether oxygens (including phenoxy) is 1. The fraction of sp³-hybridized carbons (Fsp3) is 0.741. The van der Waals surface area contributed by atoms with Crippen LogP contribution in [0.25, 0.3) is 0 Å². The van der Waals surface area contributed by atoms with Gasteiger partial charge in [0, 0.05) is 0 Å². The number of hydrogen-bond donors (Lipinski definition) is 4. The predicted octanol–water partition coefficient (Wildman–Crippen LogP) is 14.6. The van der Waals surface area contributed by atoms with Gasteiger partial charge in [0.05, 0.1) is 0 Å². The standard InChI is InChI=1S/C54H92N2O5/c1-3-5-7-9-11-13-15-17-19-21-23-25-27-29-31-33-43-55-51(53(58)59)45-48-37-41-50(42-38-48)61-54(60)52(46-47-35-39-49(57)40-36-47)56-44-34-32-30-28-26-24-22-20-18-16-14-12-10-8-6-4-2/h35-42,51-52,55-57H,3-34,43-46H2,1-2H3,(H,58,59)/t51-,52-/m0/s1. The SMILES string of the molecule is CCCCCCCCCCCCCCCCCCN[C@@H](Cc1ccc(OC(=O)[C@H](Cc2ccc(O)cc2)NCCCCCCCCCCCCCCCCCC)cc1)C(=O)O. The number of aliphatic carboxylic acids is 1. The lowest BCUT2D eigenvalue weighted by Gasteiger charge is -2.18. The van der Waals surface area contributed by atoms with Crippen LogP contribution in [0.15, 0.2) is 48.5 Å². The molecule has 0 amide bonds. The first-order valence-electron chi connectivity index (χ1n) is 25.7. The van der Waals surface area contributed by atoms with Crippen LogP contribution in [0.4, 0.5) is 0 Å². The third-order valence-corrected chi connectivity index (χ3v) is 12.4. The summed E-state index contributed by atoms with van der Waals surface area (Å²) in [5, 5.41) is 26.4. The molecule has 61 heavy (non-hydrogen) atoms. The van der Waals surface area contributed by atoms with E-state index in [0.29, 0.717) is 25.1 Å². The number of nitrogens with one attached hydrogen (secondary N) is 2. The van der Waals surface area contributed by atoms with Gasteiger partial charge in [0.15, 0.2) is 0 Å². The molecule has 2 rings (SSSR count). The molecule has 0 aliphatic heterocycles. The van der Waals surface area contributed by atoms with Crippen molar-refractivity contribution in [2.75, 3.05) is 13.1 Å². The Labute approximate surface area is 374 Å². The number of benzene rings is 2. The number of unbranched alkanes of at least 4 members (excludes halogenated alkanes) is 30. The highest BCUT2D eigenvalue weighted by Gasteiger charge is 2.22. The quantitative estimate of drug-likeness (QED) is 0.0299. The molecular weight excluding hydrogens is 757 g/mol. The maximum atomic E-state index is 13.5. The van der Waals surface area contributed by atoms with Gasteiger partial charge in [-0.2, -0.15) is 0 Å². The minimum Gasteiger partial charge on any atom is -0.508 e. The summed E-state index contributed by atoms with van der Waals surface area (Å²) in [5.41, 5.74) is 1.83. The lowest BCUT2D eigenvalue weighted by Crippen LogP contribution is -2.41. The third kappa shape index (κ3) is 30.7. The van der Waals surface area contributed by atoms with Crippen LogP contribution in [0.3, 0.4) is 0 Å². The summed E-state index contributed by atoms with van der Waals surface area (Å²) in [6.07, 6.45) is 43.1. The average molecular weight is 849 g/mol. The van der Waals surface area contributed by atoms with Crippen molar-refractivity contribution in [2.45, 2.75) is 244 Å². The molecule has 2 aromatic carbocycles. The van der Waals surface area contributed by atoms with Gasteiger partial charge in [0.2, 0.25) is 0 Å². The predicted molar refractivity (Wildman–Crippen MR) is 258 cm³/mol. The normalized spacial score (nSPS) is 12.4. The van der Waals surface area contributed by atoms with Gasteiger partial charge in [-0.05, 0) is 74.2 Å². The van der Waals surface area contributed by atoms with E-state index in [9.17, 15) is 19.8 Å². The van der Waals surface area contributed by atoms with Crippen LogP contribution in [-0.2, 0) is 22.4 Å². The Morgan fingerprint density at radius 2 is 0.738 bits per heavy atom. The van der Waals surface area contributed by atoms with Crippen LogP contribution in [0.2, 0.25) is 0 Å². The Kier molecular flexibility index (Phi) is 34.5. The number of carbonyl (C=O) groups excluding carboxylic acids is 1. The molecule has 0 aromatic heterocycles. The molecule has 2 atom stereocenters. The Balaban J connectivity index is 1.62. The highest BCUT2D eigenvalue weighted by Crippen LogP contribution is 2.19. The van der Waals surface area contributed by atoms with Gasteiger partial charge in [-0.1, -0.05) is 231 Å². The summed E-state index contributed by atoms with van der Waals surface area (Å²) in [6, 6.07) is 13.0. The monoisotopic (exact) mass is 849 g/mol. The number of rotatable bonds is 43. The number of carbonyl (C=O) groups is 2. The largest absolute Gasteiger partial charge is 0.508 e. The van der Waals surface area contributed by atoms with Crippen LogP contribution in [-0.4, -0.2) is 47.3 Å². The summed E-state index contributed by atoms with van der Waals surface area (Å²) in [4.78, 5) is 25.5. The van der Waals surface area contributed by atoms with Crippen LogP contribution < -0.4 is 15.4 Å². The van der Waals surface area contributed by atoms with E-state index in [0.717, 1.165) is 43.4 Å².